The molecule has 120 valence electrons. The standard InChI is InChI=1S/C13H24N4O3S/c1-10(2)14-8-11-9-15-16-13(11)21(18,19)17(6-7-20-3)12-4-5-12/h9-10,12,14H,4-8H2,1-3H3,(H,15,16). The monoisotopic (exact) mass is 316 g/mol. The predicted molar refractivity (Wildman–Crippen MR) is 79.4 cm³/mol. The Hall–Kier alpha value is -0.960. The molecule has 1 fully saturated rings. The van der Waals surface area contributed by atoms with Crippen molar-refractivity contribution < 1.29 is 13.2 Å². The Morgan fingerprint density at radius 1 is 1.52 bits per heavy atom. The minimum absolute atomic E-state index is 0.0966. The van der Waals surface area contributed by atoms with Gasteiger partial charge in [-0.1, -0.05) is 13.8 Å². The second kappa shape index (κ2) is 6.87. The van der Waals surface area contributed by atoms with Gasteiger partial charge in [-0.15, -0.1) is 0 Å². The highest BCUT2D eigenvalue weighted by Gasteiger charge is 2.39. The summed E-state index contributed by atoms with van der Waals surface area (Å²) in [5, 5.41) is 9.97. The number of aromatic nitrogens is 2. The van der Waals surface area contributed by atoms with Crippen molar-refractivity contribution in [2.24, 2.45) is 0 Å². The van der Waals surface area contributed by atoms with E-state index in [0.717, 1.165) is 12.8 Å². The molecule has 0 atom stereocenters. The minimum atomic E-state index is -3.55. The zero-order chi connectivity index (χ0) is 15.5. The average molecular weight is 316 g/mol. The number of ether oxygens (including phenoxy) is 1. The maximum Gasteiger partial charge on any atom is 0.260 e. The normalized spacial score (nSPS) is 16.0. The lowest BCUT2D eigenvalue weighted by Crippen LogP contribution is -2.36. The van der Waals surface area contributed by atoms with Crippen LogP contribution in [0.2, 0.25) is 0 Å². The van der Waals surface area contributed by atoms with E-state index in [0.29, 0.717) is 25.3 Å². The number of aromatic amines is 1. The molecule has 1 aromatic rings. The largest absolute Gasteiger partial charge is 0.383 e. The minimum Gasteiger partial charge on any atom is -0.383 e. The second-order valence-electron chi connectivity index (χ2n) is 5.60. The fourth-order valence-electron chi connectivity index (χ4n) is 2.12. The molecule has 2 rings (SSSR count). The predicted octanol–water partition coefficient (Wildman–Crippen LogP) is 0.707. The quantitative estimate of drug-likeness (QED) is 0.700. The number of sulfonamides is 1. The lowest BCUT2D eigenvalue weighted by atomic mass is 10.3. The van der Waals surface area contributed by atoms with E-state index in [9.17, 15) is 8.42 Å². The molecule has 0 unspecified atom stereocenters. The van der Waals surface area contributed by atoms with E-state index in [2.05, 4.69) is 15.5 Å². The van der Waals surface area contributed by atoms with Crippen molar-refractivity contribution in [3.63, 3.8) is 0 Å². The van der Waals surface area contributed by atoms with E-state index in [1.807, 2.05) is 13.8 Å². The van der Waals surface area contributed by atoms with Gasteiger partial charge in [0.2, 0.25) is 0 Å². The van der Waals surface area contributed by atoms with Gasteiger partial charge in [-0.3, -0.25) is 5.10 Å². The molecule has 0 bridgehead atoms. The van der Waals surface area contributed by atoms with Gasteiger partial charge < -0.3 is 10.1 Å². The Kier molecular flexibility index (Phi) is 5.37. The Morgan fingerprint density at radius 2 is 2.24 bits per heavy atom. The second-order valence-corrected chi connectivity index (χ2v) is 7.43. The molecule has 21 heavy (non-hydrogen) atoms. The van der Waals surface area contributed by atoms with Gasteiger partial charge in [-0.05, 0) is 12.8 Å². The van der Waals surface area contributed by atoms with Crippen molar-refractivity contribution in [1.29, 1.82) is 0 Å². The van der Waals surface area contributed by atoms with Crippen molar-refractivity contribution in [3.8, 4) is 0 Å². The molecule has 7 nitrogen and oxygen atoms in total. The highest BCUT2D eigenvalue weighted by atomic mass is 32.2. The third-order valence-corrected chi connectivity index (χ3v) is 5.38. The number of rotatable bonds is 9. The van der Waals surface area contributed by atoms with Crippen LogP contribution < -0.4 is 5.32 Å². The SMILES string of the molecule is COCCN(C1CC1)S(=O)(=O)c1[nH]ncc1CNC(C)C. The van der Waals surface area contributed by atoms with Gasteiger partial charge in [0.05, 0.1) is 12.8 Å². The lowest BCUT2D eigenvalue weighted by Gasteiger charge is -2.21. The van der Waals surface area contributed by atoms with Crippen LogP contribution in [0.3, 0.4) is 0 Å². The summed E-state index contributed by atoms with van der Waals surface area (Å²) in [5.41, 5.74) is 0.673. The summed E-state index contributed by atoms with van der Waals surface area (Å²) < 4.78 is 32.2. The zero-order valence-electron chi connectivity index (χ0n) is 12.8. The fourth-order valence-corrected chi connectivity index (χ4v) is 3.90. The Labute approximate surface area is 126 Å². The summed E-state index contributed by atoms with van der Waals surface area (Å²) in [6, 6.07) is 0.378. The van der Waals surface area contributed by atoms with Crippen molar-refractivity contribution in [1.82, 2.24) is 19.8 Å². The maximum atomic E-state index is 12.8. The van der Waals surface area contributed by atoms with Crippen LogP contribution in [0, 0.1) is 0 Å². The molecule has 0 aliphatic heterocycles. The highest BCUT2D eigenvalue weighted by Crippen LogP contribution is 2.32. The summed E-state index contributed by atoms with van der Waals surface area (Å²) in [4.78, 5) is 0. The molecular weight excluding hydrogens is 292 g/mol. The molecule has 0 radical (unpaired) electrons. The first-order valence-electron chi connectivity index (χ1n) is 7.23. The topological polar surface area (TPSA) is 87.3 Å². The molecule has 8 heteroatoms. The third-order valence-electron chi connectivity index (χ3n) is 3.42. The Morgan fingerprint density at radius 3 is 2.81 bits per heavy atom. The lowest BCUT2D eigenvalue weighted by molar-refractivity contribution is 0.177. The molecular formula is C13H24N4O3S. The summed E-state index contributed by atoms with van der Waals surface area (Å²) in [7, 11) is -1.97. The number of nitrogens with one attached hydrogen (secondary N) is 2. The van der Waals surface area contributed by atoms with Gasteiger partial charge >= 0.3 is 0 Å². The van der Waals surface area contributed by atoms with Gasteiger partial charge in [-0.2, -0.15) is 9.40 Å². The maximum absolute atomic E-state index is 12.8. The van der Waals surface area contributed by atoms with Gasteiger partial charge in [0.1, 0.15) is 0 Å². The van der Waals surface area contributed by atoms with E-state index in [1.54, 1.807) is 13.3 Å². The number of nitrogens with zero attached hydrogens (tertiary/aromatic N) is 2. The summed E-state index contributed by atoms with van der Waals surface area (Å²) in [6.45, 7) is 5.28. The van der Waals surface area contributed by atoms with Gasteiger partial charge in [0, 0.05) is 37.8 Å². The van der Waals surface area contributed by atoms with E-state index in [-0.39, 0.29) is 17.1 Å². The summed E-state index contributed by atoms with van der Waals surface area (Å²) >= 11 is 0. The van der Waals surface area contributed by atoms with Crippen LogP contribution in [0.5, 0.6) is 0 Å². The molecule has 1 heterocycles. The molecule has 1 aliphatic carbocycles. The van der Waals surface area contributed by atoms with Crippen molar-refractivity contribution in [2.45, 2.75) is 50.3 Å². The highest BCUT2D eigenvalue weighted by molar-refractivity contribution is 7.89. The number of hydrogen-bond donors (Lipinski definition) is 2. The number of H-pyrrole nitrogens is 1. The number of hydrogen-bond acceptors (Lipinski definition) is 5. The smallest absolute Gasteiger partial charge is 0.260 e. The van der Waals surface area contributed by atoms with Crippen LogP contribution in [0.4, 0.5) is 0 Å². The first kappa shape index (κ1) is 16.4. The molecule has 0 saturated heterocycles. The fraction of sp³-hybridized carbons (Fsp3) is 0.769. The molecule has 0 spiro atoms. The number of methoxy groups -OCH3 is 1. The van der Waals surface area contributed by atoms with Crippen molar-refractivity contribution >= 4 is 10.0 Å². The molecule has 0 amide bonds. The summed E-state index contributed by atoms with van der Waals surface area (Å²) in [6.07, 6.45) is 3.40. The third kappa shape index (κ3) is 4.03. The van der Waals surface area contributed by atoms with Gasteiger partial charge in [0.15, 0.2) is 5.03 Å². The van der Waals surface area contributed by atoms with E-state index in [4.69, 9.17) is 4.74 Å². The van der Waals surface area contributed by atoms with Gasteiger partial charge in [-0.25, -0.2) is 8.42 Å². The van der Waals surface area contributed by atoms with E-state index in [1.165, 1.54) is 4.31 Å². The van der Waals surface area contributed by atoms with Crippen LogP contribution >= 0.6 is 0 Å². The van der Waals surface area contributed by atoms with Crippen molar-refractivity contribution in [2.75, 3.05) is 20.3 Å². The van der Waals surface area contributed by atoms with Gasteiger partial charge in [0.25, 0.3) is 10.0 Å². The summed E-state index contributed by atoms with van der Waals surface area (Å²) in [5.74, 6) is 0. The van der Waals surface area contributed by atoms with E-state index >= 15 is 0 Å². The molecule has 1 aromatic heterocycles. The van der Waals surface area contributed by atoms with E-state index < -0.39 is 10.0 Å². The van der Waals surface area contributed by atoms with Crippen molar-refractivity contribution in [3.05, 3.63) is 11.8 Å². The molecule has 1 saturated carbocycles. The molecule has 1 aliphatic rings. The van der Waals surface area contributed by atoms with Crippen LogP contribution in [-0.2, 0) is 21.3 Å². The van der Waals surface area contributed by atoms with Crippen LogP contribution in [0.1, 0.15) is 32.3 Å². The average Bonchev–Trinajstić information content (AvgIpc) is 3.13. The van der Waals surface area contributed by atoms with Crippen LogP contribution in [-0.4, -0.2) is 55.3 Å². The Bertz CT molecular complexity index is 552. The van der Waals surface area contributed by atoms with Crippen LogP contribution in [0.25, 0.3) is 0 Å². The molecule has 2 N–H and O–H groups in total. The molecule has 0 aromatic carbocycles. The first-order chi connectivity index (χ1) is 9.96. The van der Waals surface area contributed by atoms with Crippen LogP contribution in [0.15, 0.2) is 11.2 Å². The Balaban J connectivity index is 2.19. The zero-order valence-corrected chi connectivity index (χ0v) is 13.6. The first-order valence-corrected chi connectivity index (χ1v) is 8.67.